The number of hydrogen-bond donors (Lipinski definition) is 2. The molecular formula is C11H20N2O2. The zero-order valence-corrected chi connectivity index (χ0v) is 9.11. The van der Waals surface area contributed by atoms with Crippen LogP contribution in [-0.2, 0) is 4.79 Å². The third kappa shape index (κ3) is 2.49. The van der Waals surface area contributed by atoms with Gasteiger partial charge in [-0.15, -0.1) is 0 Å². The minimum Gasteiger partial charge on any atom is -0.396 e. The highest BCUT2D eigenvalue weighted by molar-refractivity contribution is 5.78. The van der Waals surface area contributed by atoms with E-state index in [1.807, 2.05) is 0 Å². The van der Waals surface area contributed by atoms with E-state index in [0.29, 0.717) is 31.3 Å². The fourth-order valence-corrected chi connectivity index (χ4v) is 2.67. The quantitative estimate of drug-likeness (QED) is 0.720. The zero-order valence-electron chi connectivity index (χ0n) is 9.11. The molecule has 1 aliphatic carbocycles. The summed E-state index contributed by atoms with van der Waals surface area (Å²) in [5.41, 5.74) is 3.29. The van der Waals surface area contributed by atoms with Crippen molar-refractivity contribution in [2.24, 2.45) is 5.92 Å². The lowest BCUT2D eigenvalue weighted by Gasteiger charge is -2.21. The predicted octanol–water partition coefficient (Wildman–Crippen LogP) is 0.664. The topological polar surface area (TPSA) is 52.6 Å². The Morgan fingerprint density at radius 2 is 2.13 bits per heavy atom. The summed E-state index contributed by atoms with van der Waals surface area (Å²) in [6.45, 7) is 0.790. The zero-order chi connectivity index (χ0) is 10.7. The highest BCUT2D eigenvalue weighted by atomic mass is 16.3. The molecule has 1 unspecified atom stereocenters. The molecule has 2 aliphatic rings. The molecule has 0 spiro atoms. The molecule has 0 aromatic heterocycles. The van der Waals surface area contributed by atoms with E-state index >= 15 is 0 Å². The number of aliphatic hydroxyl groups is 1. The molecule has 15 heavy (non-hydrogen) atoms. The van der Waals surface area contributed by atoms with Gasteiger partial charge in [0.2, 0.25) is 5.91 Å². The molecule has 1 aliphatic heterocycles. The number of nitrogens with one attached hydrogen (secondary N) is 1. The first-order valence-corrected chi connectivity index (χ1v) is 5.98. The molecule has 1 saturated carbocycles. The Morgan fingerprint density at radius 1 is 1.40 bits per heavy atom. The monoisotopic (exact) mass is 212 g/mol. The van der Waals surface area contributed by atoms with Gasteiger partial charge in [-0.05, 0) is 25.2 Å². The number of carbonyl (C=O) groups excluding carboxylic acids is 1. The van der Waals surface area contributed by atoms with Gasteiger partial charge in [-0.3, -0.25) is 9.80 Å². The third-order valence-electron chi connectivity index (χ3n) is 3.53. The van der Waals surface area contributed by atoms with Crippen LogP contribution in [0.15, 0.2) is 0 Å². The summed E-state index contributed by atoms with van der Waals surface area (Å²) in [6, 6.07) is 0.360. The number of nitrogens with zero attached hydrogens (tertiary/aromatic N) is 1. The smallest absolute Gasteiger partial charge is 0.238 e. The fourth-order valence-electron chi connectivity index (χ4n) is 2.67. The van der Waals surface area contributed by atoms with Crippen LogP contribution in [0.1, 0.15) is 38.5 Å². The van der Waals surface area contributed by atoms with Crippen molar-refractivity contribution >= 4 is 5.91 Å². The minimum atomic E-state index is 0.152. The highest BCUT2D eigenvalue weighted by Crippen LogP contribution is 2.31. The average molecular weight is 212 g/mol. The summed E-state index contributed by atoms with van der Waals surface area (Å²) >= 11 is 0. The van der Waals surface area contributed by atoms with Crippen LogP contribution < -0.4 is 5.43 Å². The Bertz CT molecular complexity index is 227. The van der Waals surface area contributed by atoms with Crippen molar-refractivity contribution in [2.75, 3.05) is 13.2 Å². The Balaban J connectivity index is 1.82. The first-order valence-electron chi connectivity index (χ1n) is 5.98. The van der Waals surface area contributed by atoms with Gasteiger partial charge < -0.3 is 5.11 Å². The highest BCUT2D eigenvalue weighted by Gasteiger charge is 2.35. The van der Waals surface area contributed by atoms with Crippen LogP contribution in [-0.4, -0.2) is 35.2 Å². The molecule has 0 aromatic rings. The van der Waals surface area contributed by atoms with Gasteiger partial charge in [0, 0.05) is 25.6 Å². The van der Waals surface area contributed by atoms with E-state index in [1.54, 1.807) is 5.01 Å². The van der Waals surface area contributed by atoms with Crippen molar-refractivity contribution in [3.05, 3.63) is 0 Å². The van der Waals surface area contributed by atoms with Crippen LogP contribution in [0, 0.1) is 5.92 Å². The maximum absolute atomic E-state index is 11.6. The van der Waals surface area contributed by atoms with E-state index in [4.69, 9.17) is 5.11 Å². The number of rotatable bonds is 4. The molecule has 0 aromatic carbocycles. The molecule has 4 nitrogen and oxygen atoms in total. The van der Waals surface area contributed by atoms with Crippen LogP contribution in [0.2, 0.25) is 0 Å². The Hall–Kier alpha value is -0.610. The van der Waals surface area contributed by atoms with Crippen molar-refractivity contribution in [2.45, 2.75) is 44.6 Å². The van der Waals surface area contributed by atoms with Gasteiger partial charge >= 0.3 is 0 Å². The van der Waals surface area contributed by atoms with Crippen molar-refractivity contribution in [1.82, 2.24) is 10.4 Å². The number of aliphatic hydroxyl groups excluding tert-OH is 1. The van der Waals surface area contributed by atoms with E-state index in [-0.39, 0.29) is 12.5 Å². The second-order valence-corrected chi connectivity index (χ2v) is 4.61. The standard InChI is InChI=1S/C11H20N2O2/c14-7-3-6-13-11(15)8-10(12-13)9-4-1-2-5-9/h9-10,12,14H,1-8H2. The Kier molecular flexibility index (Phi) is 3.59. The van der Waals surface area contributed by atoms with Crippen LogP contribution in [0.5, 0.6) is 0 Å². The van der Waals surface area contributed by atoms with Crippen LogP contribution in [0.3, 0.4) is 0 Å². The number of hydrazine groups is 1. The summed E-state index contributed by atoms with van der Waals surface area (Å²) in [6.07, 6.45) is 6.46. The van der Waals surface area contributed by atoms with E-state index in [1.165, 1.54) is 25.7 Å². The van der Waals surface area contributed by atoms with E-state index in [0.717, 1.165) is 0 Å². The molecular weight excluding hydrogens is 192 g/mol. The number of amides is 1. The van der Waals surface area contributed by atoms with Crippen molar-refractivity contribution < 1.29 is 9.90 Å². The molecule has 0 bridgehead atoms. The van der Waals surface area contributed by atoms with Gasteiger partial charge in [-0.25, -0.2) is 5.43 Å². The van der Waals surface area contributed by atoms with Gasteiger partial charge in [-0.2, -0.15) is 0 Å². The van der Waals surface area contributed by atoms with Crippen molar-refractivity contribution in [3.63, 3.8) is 0 Å². The fraction of sp³-hybridized carbons (Fsp3) is 0.909. The molecule has 0 radical (unpaired) electrons. The minimum absolute atomic E-state index is 0.152. The van der Waals surface area contributed by atoms with Crippen LogP contribution in [0.4, 0.5) is 0 Å². The largest absolute Gasteiger partial charge is 0.396 e. The van der Waals surface area contributed by atoms with Gasteiger partial charge in [0.25, 0.3) is 0 Å². The molecule has 1 amide bonds. The first kappa shape index (κ1) is 10.9. The van der Waals surface area contributed by atoms with Gasteiger partial charge in [0.15, 0.2) is 0 Å². The molecule has 1 heterocycles. The summed E-state index contributed by atoms with van der Waals surface area (Å²) in [4.78, 5) is 11.6. The molecule has 1 atom stereocenters. The normalized spacial score (nSPS) is 27.9. The average Bonchev–Trinajstić information content (AvgIpc) is 2.83. The lowest BCUT2D eigenvalue weighted by atomic mass is 9.97. The summed E-state index contributed by atoms with van der Waals surface area (Å²) in [7, 11) is 0. The van der Waals surface area contributed by atoms with E-state index < -0.39 is 0 Å². The maximum Gasteiger partial charge on any atom is 0.238 e. The number of hydrogen-bond acceptors (Lipinski definition) is 3. The lowest BCUT2D eigenvalue weighted by Crippen LogP contribution is -2.40. The summed E-state index contributed by atoms with van der Waals surface area (Å²) in [5, 5.41) is 10.4. The molecule has 1 saturated heterocycles. The van der Waals surface area contributed by atoms with Crippen LogP contribution in [0.25, 0.3) is 0 Å². The van der Waals surface area contributed by atoms with E-state index in [2.05, 4.69) is 5.43 Å². The maximum atomic E-state index is 11.6. The number of carbonyl (C=O) groups is 1. The Morgan fingerprint density at radius 3 is 2.80 bits per heavy atom. The molecule has 2 rings (SSSR count). The third-order valence-corrected chi connectivity index (χ3v) is 3.53. The molecule has 2 N–H and O–H groups in total. The lowest BCUT2D eigenvalue weighted by molar-refractivity contribution is -0.129. The van der Waals surface area contributed by atoms with Gasteiger partial charge in [0.05, 0.1) is 0 Å². The van der Waals surface area contributed by atoms with Crippen LogP contribution >= 0.6 is 0 Å². The van der Waals surface area contributed by atoms with Gasteiger partial charge in [-0.1, -0.05) is 12.8 Å². The predicted molar refractivity (Wildman–Crippen MR) is 56.9 cm³/mol. The SMILES string of the molecule is O=C1CC(C2CCCC2)NN1CCCO. The van der Waals surface area contributed by atoms with Crippen molar-refractivity contribution in [1.29, 1.82) is 0 Å². The van der Waals surface area contributed by atoms with Crippen molar-refractivity contribution in [3.8, 4) is 0 Å². The first-order chi connectivity index (χ1) is 7.31. The summed E-state index contributed by atoms with van der Waals surface area (Å²) < 4.78 is 0. The molecule has 2 fully saturated rings. The molecule has 4 heteroatoms. The van der Waals surface area contributed by atoms with E-state index in [9.17, 15) is 4.79 Å². The second-order valence-electron chi connectivity index (χ2n) is 4.61. The second kappa shape index (κ2) is 4.94. The van der Waals surface area contributed by atoms with Gasteiger partial charge in [0.1, 0.15) is 0 Å². The summed E-state index contributed by atoms with van der Waals surface area (Å²) in [5.74, 6) is 0.883. The Labute approximate surface area is 90.6 Å². The molecule has 86 valence electrons.